The molecule has 31 heavy (non-hydrogen) atoms. The van der Waals surface area contributed by atoms with Crippen molar-refractivity contribution in [3.05, 3.63) is 46.8 Å². The molecule has 2 aliphatic rings. The van der Waals surface area contributed by atoms with Crippen LogP contribution in [-0.2, 0) is 17.8 Å². The van der Waals surface area contributed by atoms with Gasteiger partial charge in [-0.3, -0.25) is 9.00 Å². The number of rotatable bonds is 5. The van der Waals surface area contributed by atoms with Gasteiger partial charge in [-0.15, -0.1) is 0 Å². The standard InChI is InChI=1S/C22H27ClFN3O3S/c1-27-13-25-18(19(27)20(28)26-15-3-4-17(24)16(23)9-15)14-5-7-21(8-6-14)10-22(29,11-21)12-31(2)30/h3-4,9,13-14,29H,5-8,10-12H2,1-2H3,(H,26,28). The molecular weight excluding hydrogens is 441 g/mol. The number of amides is 1. The van der Waals surface area contributed by atoms with E-state index in [0.29, 0.717) is 30.0 Å². The van der Waals surface area contributed by atoms with E-state index in [4.69, 9.17) is 11.6 Å². The molecule has 1 aromatic carbocycles. The summed E-state index contributed by atoms with van der Waals surface area (Å²) in [5, 5.41) is 13.3. The third-order valence-corrected chi connectivity index (χ3v) is 7.90. The molecule has 1 unspecified atom stereocenters. The Balaban J connectivity index is 1.43. The molecule has 4 rings (SSSR count). The van der Waals surface area contributed by atoms with Crippen LogP contribution >= 0.6 is 11.6 Å². The highest BCUT2D eigenvalue weighted by Gasteiger charge is 2.54. The van der Waals surface area contributed by atoms with Crippen LogP contribution in [0.1, 0.15) is 60.6 Å². The fourth-order valence-electron chi connectivity index (χ4n) is 5.47. The first-order valence-electron chi connectivity index (χ1n) is 10.4. The van der Waals surface area contributed by atoms with E-state index in [0.717, 1.165) is 31.4 Å². The van der Waals surface area contributed by atoms with E-state index < -0.39 is 22.2 Å². The van der Waals surface area contributed by atoms with Crippen molar-refractivity contribution in [2.24, 2.45) is 12.5 Å². The predicted molar refractivity (Wildman–Crippen MR) is 119 cm³/mol. The average molecular weight is 468 g/mol. The summed E-state index contributed by atoms with van der Waals surface area (Å²) in [5.41, 5.74) is 1.01. The smallest absolute Gasteiger partial charge is 0.274 e. The Morgan fingerprint density at radius 1 is 1.39 bits per heavy atom. The van der Waals surface area contributed by atoms with Gasteiger partial charge in [0.05, 0.1) is 28.4 Å². The van der Waals surface area contributed by atoms with Crippen molar-refractivity contribution in [1.29, 1.82) is 0 Å². The summed E-state index contributed by atoms with van der Waals surface area (Å²) in [6.07, 6.45) is 8.39. The van der Waals surface area contributed by atoms with Crippen LogP contribution in [0.4, 0.5) is 10.1 Å². The molecule has 0 bridgehead atoms. The SMILES string of the molecule is Cn1cnc(C2CCC3(CC2)CC(O)(CS(C)=O)C3)c1C(=O)Nc1ccc(F)c(Cl)c1. The number of aliphatic hydroxyl groups is 1. The van der Waals surface area contributed by atoms with Gasteiger partial charge in [0.25, 0.3) is 5.91 Å². The Morgan fingerprint density at radius 3 is 2.68 bits per heavy atom. The number of hydrogen-bond acceptors (Lipinski definition) is 4. The topological polar surface area (TPSA) is 84.2 Å². The monoisotopic (exact) mass is 467 g/mol. The highest BCUT2D eigenvalue weighted by atomic mass is 35.5. The van der Waals surface area contributed by atoms with E-state index >= 15 is 0 Å². The molecule has 0 aliphatic heterocycles. The van der Waals surface area contributed by atoms with Crippen LogP contribution in [0.25, 0.3) is 0 Å². The highest BCUT2D eigenvalue weighted by Crippen LogP contribution is 2.58. The quantitative estimate of drug-likeness (QED) is 0.695. The normalized spacial score (nSPS) is 28.9. The second-order valence-corrected chi connectivity index (χ2v) is 11.1. The largest absolute Gasteiger partial charge is 0.389 e. The summed E-state index contributed by atoms with van der Waals surface area (Å²) < 4.78 is 26.6. The zero-order chi connectivity index (χ0) is 22.4. The van der Waals surface area contributed by atoms with Gasteiger partial charge in [0.1, 0.15) is 11.5 Å². The molecule has 9 heteroatoms. The van der Waals surface area contributed by atoms with E-state index in [1.54, 1.807) is 24.2 Å². The molecule has 1 heterocycles. The summed E-state index contributed by atoms with van der Waals surface area (Å²) in [4.78, 5) is 17.5. The molecule has 1 spiro atoms. The van der Waals surface area contributed by atoms with Crippen LogP contribution in [0.5, 0.6) is 0 Å². The summed E-state index contributed by atoms with van der Waals surface area (Å²) >= 11 is 5.82. The predicted octanol–water partition coefficient (Wildman–Crippen LogP) is 4.01. The molecule has 168 valence electrons. The number of hydrogen-bond donors (Lipinski definition) is 2. The maximum Gasteiger partial charge on any atom is 0.274 e. The van der Waals surface area contributed by atoms with Gasteiger partial charge in [-0.2, -0.15) is 0 Å². The minimum atomic E-state index is -1.00. The van der Waals surface area contributed by atoms with Crippen molar-refractivity contribution in [2.45, 2.75) is 50.0 Å². The van der Waals surface area contributed by atoms with Gasteiger partial charge < -0.3 is 15.0 Å². The Hall–Kier alpha value is -1.77. The Kier molecular flexibility index (Phi) is 6.00. The van der Waals surface area contributed by atoms with Gasteiger partial charge in [0, 0.05) is 35.7 Å². The number of imidazole rings is 1. The minimum absolute atomic E-state index is 0.0482. The van der Waals surface area contributed by atoms with Crippen LogP contribution in [0, 0.1) is 11.2 Å². The van der Waals surface area contributed by atoms with Crippen molar-refractivity contribution in [1.82, 2.24) is 9.55 Å². The molecule has 2 aromatic rings. The van der Waals surface area contributed by atoms with Crippen molar-refractivity contribution >= 4 is 34.0 Å². The molecule has 2 N–H and O–H groups in total. The molecule has 1 amide bonds. The minimum Gasteiger partial charge on any atom is -0.389 e. The molecule has 0 radical (unpaired) electrons. The molecule has 1 atom stereocenters. The maximum absolute atomic E-state index is 13.4. The van der Waals surface area contributed by atoms with Gasteiger partial charge in [-0.05, 0) is 62.1 Å². The van der Waals surface area contributed by atoms with Gasteiger partial charge >= 0.3 is 0 Å². The second kappa shape index (κ2) is 8.30. The Labute approximate surface area is 188 Å². The van der Waals surface area contributed by atoms with Gasteiger partial charge in [-0.1, -0.05) is 11.6 Å². The summed E-state index contributed by atoms with van der Waals surface area (Å²) in [7, 11) is 0.779. The lowest BCUT2D eigenvalue weighted by atomic mass is 9.53. The fourth-order valence-corrected chi connectivity index (χ4v) is 6.61. The average Bonchev–Trinajstić information content (AvgIpc) is 3.05. The second-order valence-electron chi connectivity index (χ2n) is 9.24. The van der Waals surface area contributed by atoms with Crippen LogP contribution < -0.4 is 5.32 Å². The van der Waals surface area contributed by atoms with E-state index in [9.17, 15) is 18.5 Å². The third kappa shape index (κ3) is 4.56. The fraction of sp³-hybridized carbons (Fsp3) is 0.545. The molecule has 2 saturated carbocycles. The molecule has 2 fully saturated rings. The number of aryl methyl sites for hydroxylation is 1. The zero-order valence-corrected chi connectivity index (χ0v) is 19.2. The van der Waals surface area contributed by atoms with Crippen molar-refractivity contribution < 1.29 is 18.5 Å². The van der Waals surface area contributed by atoms with E-state index in [1.807, 2.05) is 0 Å². The van der Waals surface area contributed by atoms with Crippen LogP contribution in [0.2, 0.25) is 5.02 Å². The lowest BCUT2D eigenvalue weighted by molar-refractivity contribution is -0.128. The van der Waals surface area contributed by atoms with Gasteiger partial charge in [0.2, 0.25) is 0 Å². The Morgan fingerprint density at radius 2 is 2.06 bits per heavy atom. The molecule has 2 aliphatic carbocycles. The molecular formula is C22H27ClFN3O3S. The van der Waals surface area contributed by atoms with Crippen LogP contribution in [-0.4, -0.2) is 42.4 Å². The first-order chi connectivity index (χ1) is 14.6. The number of carbonyl (C=O) groups excluding carboxylic acids is 1. The highest BCUT2D eigenvalue weighted by molar-refractivity contribution is 7.84. The third-order valence-electron chi connectivity index (χ3n) is 6.67. The van der Waals surface area contributed by atoms with E-state index in [2.05, 4.69) is 10.3 Å². The van der Waals surface area contributed by atoms with Gasteiger partial charge in [0.15, 0.2) is 0 Å². The van der Waals surface area contributed by atoms with Crippen LogP contribution in [0.15, 0.2) is 24.5 Å². The first-order valence-corrected chi connectivity index (χ1v) is 12.5. The number of aromatic nitrogens is 2. The molecule has 1 aromatic heterocycles. The number of halogens is 2. The zero-order valence-electron chi connectivity index (χ0n) is 17.7. The number of benzene rings is 1. The lowest BCUT2D eigenvalue weighted by Crippen LogP contribution is -2.55. The first kappa shape index (κ1) is 22.4. The summed E-state index contributed by atoms with van der Waals surface area (Å²) in [6, 6.07) is 4.08. The number of nitrogens with zero attached hydrogens (tertiary/aromatic N) is 2. The number of carbonyl (C=O) groups is 1. The Bertz CT molecular complexity index is 1030. The van der Waals surface area contributed by atoms with Crippen molar-refractivity contribution in [3.8, 4) is 0 Å². The van der Waals surface area contributed by atoms with E-state index in [-0.39, 0.29) is 22.3 Å². The summed E-state index contributed by atoms with van der Waals surface area (Å²) in [5.74, 6) is -0.333. The maximum atomic E-state index is 13.4. The summed E-state index contributed by atoms with van der Waals surface area (Å²) in [6.45, 7) is 0. The van der Waals surface area contributed by atoms with Crippen molar-refractivity contribution in [3.63, 3.8) is 0 Å². The lowest BCUT2D eigenvalue weighted by Gasteiger charge is -2.56. The number of nitrogens with one attached hydrogen (secondary N) is 1. The van der Waals surface area contributed by atoms with Crippen LogP contribution in [0.3, 0.4) is 0 Å². The number of anilines is 1. The van der Waals surface area contributed by atoms with E-state index in [1.165, 1.54) is 18.2 Å². The molecule has 6 nitrogen and oxygen atoms in total. The molecule has 0 saturated heterocycles. The van der Waals surface area contributed by atoms with Gasteiger partial charge in [-0.25, -0.2) is 9.37 Å². The van der Waals surface area contributed by atoms with Crippen molar-refractivity contribution in [2.75, 3.05) is 17.3 Å².